The van der Waals surface area contributed by atoms with Gasteiger partial charge in [-0.15, -0.1) is 0 Å². The molecule has 0 radical (unpaired) electrons. The summed E-state index contributed by atoms with van der Waals surface area (Å²) >= 11 is 0. The second-order valence-corrected chi connectivity index (χ2v) is 16.5. The van der Waals surface area contributed by atoms with Crippen LogP contribution in [0.5, 0.6) is 0 Å². The maximum absolute atomic E-state index is 14.2. The van der Waals surface area contributed by atoms with Gasteiger partial charge in [0.1, 0.15) is 11.0 Å². The van der Waals surface area contributed by atoms with Gasteiger partial charge in [-0.2, -0.15) is 0 Å². The van der Waals surface area contributed by atoms with E-state index in [-0.39, 0.29) is 6.04 Å². The molecule has 0 spiro atoms. The number of rotatable bonds is 8. The summed E-state index contributed by atoms with van der Waals surface area (Å²) < 4.78 is 15.9. The minimum Gasteiger partial charge on any atom is -0.242 e. The van der Waals surface area contributed by atoms with Crippen LogP contribution in [-0.4, -0.2) is 26.5 Å². The fourth-order valence-electron chi connectivity index (χ4n) is 6.02. The van der Waals surface area contributed by atoms with Crippen molar-refractivity contribution in [3.63, 3.8) is 0 Å². The number of hydrogen-bond acceptors (Lipinski definition) is 1. The minimum absolute atomic E-state index is 0.0829. The zero-order chi connectivity index (χ0) is 30.0. The van der Waals surface area contributed by atoms with E-state index in [0.717, 1.165) is 6.16 Å². The van der Waals surface area contributed by atoms with Gasteiger partial charge in [0.25, 0.3) is 0 Å². The Balaban J connectivity index is 1.60. The molecule has 6 aromatic carbocycles. The van der Waals surface area contributed by atoms with Crippen LogP contribution in [0.2, 0.25) is 0 Å². The van der Waals surface area contributed by atoms with Crippen molar-refractivity contribution in [3.05, 3.63) is 145 Å². The van der Waals surface area contributed by atoms with Crippen molar-refractivity contribution >= 4 is 51.1 Å². The second-order valence-electron chi connectivity index (χ2n) is 12.0. The average Bonchev–Trinajstić information content (AvgIpc) is 3.04. The van der Waals surface area contributed by atoms with Crippen molar-refractivity contribution in [2.24, 2.45) is 0 Å². The molecule has 0 fully saturated rings. The Morgan fingerprint density at radius 3 is 1.65 bits per heavy atom. The van der Waals surface area contributed by atoms with Crippen LogP contribution >= 0.6 is 7.92 Å². The first-order chi connectivity index (χ1) is 20.8. The number of hydrogen-bond donors (Lipinski definition) is 0. The summed E-state index contributed by atoms with van der Waals surface area (Å²) in [5, 5.41) is 7.59. The Kier molecular flexibility index (Phi) is 8.59. The lowest BCUT2D eigenvalue weighted by Crippen LogP contribution is -2.39. The van der Waals surface area contributed by atoms with Crippen LogP contribution in [0.1, 0.15) is 32.4 Å². The molecule has 6 aromatic rings. The van der Waals surface area contributed by atoms with Gasteiger partial charge >= 0.3 is 0 Å². The summed E-state index contributed by atoms with van der Waals surface area (Å²) in [6.45, 7) is 6.20. The van der Waals surface area contributed by atoms with E-state index in [0.29, 0.717) is 0 Å². The van der Waals surface area contributed by atoms with Crippen molar-refractivity contribution < 1.29 is 4.21 Å². The lowest BCUT2D eigenvalue weighted by molar-refractivity contribution is 0.422. The molecule has 0 aliphatic carbocycles. The lowest BCUT2D eigenvalue weighted by atomic mass is 9.88. The van der Waals surface area contributed by atoms with Crippen LogP contribution in [0.25, 0.3) is 32.7 Å². The molecule has 1 unspecified atom stereocenters. The van der Waals surface area contributed by atoms with E-state index >= 15 is 0 Å². The summed E-state index contributed by atoms with van der Waals surface area (Å²) in [6, 6.07) is 50.1. The van der Waals surface area contributed by atoms with E-state index in [1.165, 1.54) is 48.8 Å². The normalized spacial score (nSPS) is 13.5. The van der Waals surface area contributed by atoms with E-state index in [1.807, 2.05) is 7.05 Å². The molecule has 0 aliphatic rings. The quantitative estimate of drug-likeness (QED) is 0.126. The highest BCUT2D eigenvalue weighted by molar-refractivity contribution is 7.84. The molecule has 43 heavy (non-hydrogen) atoms. The maximum atomic E-state index is 14.2. The molecule has 2 atom stereocenters. The maximum Gasteiger partial charge on any atom is 0.100 e. The summed E-state index contributed by atoms with van der Waals surface area (Å²) in [5.74, 6) is 0. The van der Waals surface area contributed by atoms with E-state index in [4.69, 9.17) is 0 Å². The van der Waals surface area contributed by atoms with Crippen LogP contribution in [-0.2, 0) is 11.0 Å². The van der Waals surface area contributed by atoms with Gasteiger partial charge in [-0.3, -0.25) is 0 Å². The van der Waals surface area contributed by atoms with Crippen LogP contribution < -0.4 is 10.6 Å². The Hall–Kier alpha value is -3.62. The molecule has 0 saturated heterocycles. The Bertz CT molecular complexity index is 1790. The monoisotopic (exact) mass is 599 g/mol. The fourth-order valence-corrected chi connectivity index (χ4v) is 9.99. The van der Waals surface area contributed by atoms with Crippen LogP contribution in [0.15, 0.2) is 140 Å². The van der Waals surface area contributed by atoms with Gasteiger partial charge in [0.05, 0.1) is 10.8 Å². The Morgan fingerprint density at radius 1 is 0.651 bits per heavy atom. The first-order valence-corrected chi connectivity index (χ1v) is 17.5. The zero-order valence-corrected chi connectivity index (χ0v) is 27.0. The summed E-state index contributed by atoms with van der Waals surface area (Å²) in [5.41, 5.74) is 3.66. The van der Waals surface area contributed by atoms with Gasteiger partial charge in [0, 0.05) is 7.05 Å². The third-order valence-corrected chi connectivity index (χ3v) is 12.5. The molecule has 4 heteroatoms. The highest BCUT2D eigenvalue weighted by Gasteiger charge is 2.33. The zero-order valence-electron chi connectivity index (χ0n) is 25.3. The molecule has 0 saturated carbocycles. The number of fused-ring (bicyclic) bond motifs is 2. The van der Waals surface area contributed by atoms with E-state index in [1.54, 1.807) is 0 Å². The molecule has 216 valence electrons. The molecule has 0 heterocycles. The molecule has 0 amide bonds. The van der Waals surface area contributed by atoms with Crippen LogP contribution in [0, 0.1) is 0 Å². The van der Waals surface area contributed by atoms with E-state index in [2.05, 4.69) is 165 Å². The van der Waals surface area contributed by atoms with Crippen molar-refractivity contribution in [2.75, 3.05) is 13.2 Å². The van der Waals surface area contributed by atoms with Gasteiger partial charge in [-0.05, 0) is 89.8 Å². The van der Waals surface area contributed by atoms with E-state index < -0.39 is 23.7 Å². The molecule has 6 rings (SSSR count). The third kappa shape index (κ3) is 6.08. The highest BCUT2D eigenvalue weighted by atomic mass is 32.2. The Morgan fingerprint density at radius 2 is 1.12 bits per heavy atom. The third-order valence-electron chi connectivity index (χ3n) is 8.08. The summed E-state index contributed by atoms with van der Waals surface area (Å²) in [6.07, 6.45) is 0.849. The second kappa shape index (κ2) is 12.5. The highest BCUT2D eigenvalue weighted by Crippen LogP contribution is 2.45. The smallest absolute Gasteiger partial charge is 0.100 e. The molecule has 0 aliphatic heterocycles. The lowest BCUT2D eigenvalue weighted by Gasteiger charge is -2.36. The largest absolute Gasteiger partial charge is 0.242 e. The van der Waals surface area contributed by atoms with Gasteiger partial charge in [-0.25, -0.2) is 8.51 Å². The number of nitrogens with zero attached hydrogens (tertiary/aromatic N) is 1. The molecule has 2 nitrogen and oxygen atoms in total. The average molecular weight is 600 g/mol. The topological polar surface area (TPSA) is 20.3 Å². The van der Waals surface area contributed by atoms with Gasteiger partial charge in [0.2, 0.25) is 0 Å². The summed E-state index contributed by atoms with van der Waals surface area (Å²) in [4.78, 5) is 0. The van der Waals surface area contributed by atoms with Crippen LogP contribution in [0.3, 0.4) is 0 Å². The Labute approximate surface area is 259 Å². The van der Waals surface area contributed by atoms with Crippen molar-refractivity contribution in [3.8, 4) is 11.1 Å². The molecule has 0 N–H and O–H groups in total. The molecule has 0 aromatic heterocycles. The fraction of sp³-hybridized carbons (Fsp3) is 0.179. The van der Waals surface area contributed by atoms with Crippen molar-refractivity contribution in [1.29, 1.82) is 0 Å². The molecular weight excluding hydrogens is 561 g/mol. The summed E-state index contributed by atoms with van der Waals surface area (Å²) in [7, 11) is 0.0986. The van der Waals surface area contributed by atoms with Gasteiger partial charge in [0.15, 0.2) is 0 Å². The van der Waals surface area contributed by atoms with E-state index in [9.17, 15) is 4.21 Å². The first kappa shape index (κ1) is 29.5. The van der Waals surface area contributed by atoms with Gasteiger partial charge in [-0.1, -0.05) is 133 Å². The first-order valence-electron chi connectivity index (χ1n) is 14.8. The molecular formula is C39H38NOPS. The van der Waals surface area contributed by atoms with Crippen molar-refractivity contribution in [1.82, 2.24) is 4.31 Å². The number of benzene rings is 6. The predicted molar refractivity (Wildman–Crippen MR) is 189 cm³/mol. The van der Waals surface area contributed by atoms with Crippen LogP contribution in [0.4, 0.5) is 0 Å². The minimum atomic E-state index is -1.22. The van der Waals surface area contributed by atoms with Gasteiger partial charge < -0.3 is 0 Å². The standard InChI is InChI=1S/C39H38NOPS/c1-39(2,3)43(41)40(4)37(28-42(31-19-7-5-8-20-31)32-21-9-6-10-22-32)35-25-15-16-26-36(35)38-33-23-13-11-17-29(33)27-30-18-12-14-24-34(30)38/h5-27,37H,28H2,1-4H3/t37?,43-/m1/s1. The SMILES string of the molecule is CN(C(CP(c1ccccc1)c1ccccc1)c1ccccc1-c1c2ccccc2cc2ccccc12)[S@](=O)C(C)(C)C. The van der Waals surface area contributed by atoms with Crippen molar-refractivity contribution in [2.45, 2.75) is 31.6 Å². The predicted octanol–water partition coefficient (Wildman–Crippen LogP) is 9.23. The molecule has 0 bridgehead atoms.